The first kappa shape index (κ1) is 17.9. The van der Waals surface area contributed by atoms with E-state index < -0.39 is 0 Å². The van der Waals surface area contributed by atoms with Crippen molar-refractivity contribution in [1.82, 2.24) is 9.88 Å². The van der Waals surface area contributed by atoms with Gasteiger partial charge in [0.2, 0.25) is 0 Å². The van der Waals surface area contributed by atoms with Crippen molar-refractivity contribution in [3.05, 3.63) is 54.1 Å². The molecule has 2 aromatic heterocycles. The summed E-state index contributed by atoms with van der Waals surface area (Å²) in [5, 5.41) is 4.14. The highest BCUT2D eigenvalue weighted by molar-refractivity contribution is 6.03. The predicted octanol–water partition coefficient (Wildman–Crippen LogP) is 4.99. The van der Waals surface area contributed by atoms with Crippen LogP contribution in [0.5, 0.6) is 0 Å². The molecule has 0 aliphatic carbocycles. The number of H-pyrrole nitrogens is 1. The molecule has 1 aromatic carbocycles. The number of anilines is 1. The van der Waals surface area contributed by atoms with Crippen molar-refractivity contribution >= 4 is 22.5 Å². The molecule has 1 fully saturated rings. The highest BCUT2D eigenvalue weighted by atomic mass is 16.3. The van der Waals surface area contributed by atoms with Crippen molar-refractivity contribution in [1.29, 1.82) is 0 Å². The molecule has 0 atom stereocenters. The third-order valence-electron chi connectivity index (χ3n) is 5.57. The summed E-state index contributed by atoms with van der Waals surface area (Å²) in [5.74, 6) is 0.678. The van der Waals surface area contributed by atoms with Crippen LogP contribution in [0.3, 0.4) is 0 Å². The van der Waals surface area contributed by atoms with Gasteiger partial charge in [0.1, 0.15) is 0 Å². The maximum atomic E-state index is 12.2. The minimum Gasteiger partial charge on any atom is -0.459 e. The summed E-state index contributed by atoms with van der Waals surface area (Å²) in [4.78, 5) is 18.2. The van der Waals surface area contributed by atoms with E-state index >= 15 is 0 Å². The quantitative estimate of drug-likeness (QED) is 0.647. The number of hydrogen-bond acceptors (Lipinski definition) is 3. The van der Waals surface area contributed by atoms with Crippen LogP contribution in [-0.2, 0) is 0 Å². The zero-order valence-corrected chi connectivity index (χ0v) is 15.8. The number of aromatic amines is 1. The Labute approximate surface area is 159 Å². The third kappa shape index (κ3) is 3.93. The average molecular weight is 365 g/mol. The van der Waals surface area contributed by atoms with Gasteiger partial charge in [-0.1, -0.05) is 13.3 Å². The van der Waals surface area contributed by atoms with Crippen molar-refractivity contribution in [3.63, 3.8) is 0 Å². The van der Waals surface area contributed by atoms with Crippen LogP contribution in [-0.4, -0.2) is 35.4 Å². The maximum absolute atomic E-state index is 12.2. The van der Waals surface area contributed by atoms with Crippen LogP contribution in [0, 0.1) is 0 Å². The fourth-order valence-electron chi connectivity index (χ4n) is 4.01. The minimum absolute atomic E-state index is 0.222. The molecule has 0 saturated carbocycles. The number of aromatic nitrogens is 1. The fraction of sp³-hybridized carbons (Fsp3) is 0.409. The van der Waals surface area contributed by atoms with Gasteiger partial charge in [0.25, 0.3) is 5.91 Å². The predicted molar refractivity (Wildman–Crippen MR) is 108 cm³/mol. The first-order valence-electron chi connectivity index (χ1n) is 9.93. The van der Waals surface area contributed by atoms with Crippen LogP contribution in [0.2, 0.25) is 0 Å². The van der Waals surface area contributed by atoms with E-state index in [1.165, 1.54) is 62.5 Å². The number of nitrogens with one attached hydrogen (secondary N) is 2. The van der Waals surface area contributed by atoms with E-state index in [1.54, 1.807) is 12.1 Å². The standard InChI is InChI=1S/C22H27N3O2/c1-2-3-10-25-11-8-16(9-12-25)19-15-23-20-7-6-17(14-18(19)20)24-22(26)21-5-4-13-27-21/h4-7,13-16,23H,2-3,8-12H2,1H3,(H,24,26). The molecule has 5 heteroatoms. The van der Waals surface area contributed by atoms with Crippen LogP contribution in [0.25, 0.3) is 10.9 Å². The van der Waals surface area contributed by atoms with Gasteiger partial charge in [-0.25, -0.2) is 0 Å². The monoisotopic (exact) mass is 365 g/mol. The number of furan rings is 1. The molecule has 0 spiro atoms. The zero-order chi connectivity index (χ0) is 18.6. The van der Waals surface area contributed by atoms with E-state index in [9.17, 15) is 4.79 Å². The summed E-state index contributed by atoms with van der Waals surface area (Å²) in [6.45, 7) is 5.82. The Hall–Kier alpha value is -2.53. The normalized spacial score (nSPS) is 16.0. The molecule has 27 heavy (non-hydrogen) atoms. The van der Waals surface area contributed by atoms with Crippen molar-refractivity contribution in [2.24, 2.45) is 0 Å². The molecule has 2 N–H and O–H groups in total. The van der Waals surface area contributed by atoms with Gasteiger partial charge in [0, 0.05) is 22.8 Å². The number of carbonyl (C=O) groups is 1. The smallest absolute Gasteiger partial charge is 0.291 e. The summed E-state index contributed by atoms with van der Waals surface area (Å²) < 4.78 is 5.17. The Morgan fingerprint density at radius 2 is 2.15 bits per heavy atom. The molecule has 1 saturated heterocycles. The number of likely N-dealkylation sites (tertiary alicyclic amines) is 1. The molecule has 0 radical (unpaired) electrons. The molecule has 0 unspecified atom stereocenters. The SMILES string of the molecule is CCCCN1CCC(c2c[nH]c3ccc(NC(=O)c4ccco4)cc23)CC1. The Bertz CT molecular complexity index is 890. The van der Waals surface area contributed by atoms with Crippen molar-refractivity contribution in [2.75, 3.05) is 25.0 Å². The van der Waals surface area contributed by atoms with E-state index in [-0.39, 0.29) is 5.91 Å². The first-order chi connectivity index (χ1) is 13.2. The Kier molecular flexibility index (Phi) is 5.30. The average Bonchev–Trinajstić information content (AvgIpc) is 3.36. The highest BCUT2D eigenvalue weighted by Crippen LogP contribution is 2.34. The number of nitrogens with zero attached hydrogens (tertiary/aromatic N) is 1. The van der Waals surface area contributed by atoms with E-state index in [0.717, 1.165) is 11.2 Å². The van der Waals surface area contributed by atoms with Gasteiger partial charge in [0.15, 0.2) is 5.76 Å². The second kappa shape index (κ2) is 8.01. The van der Waals surface area contributed by atoms with Gasteiger partial charge in [0.05, 0.1) is 6.26 Å². The number of amides is 1. The molecule has 3 heterocycles. The number of benzene rings is 1. The largest absolute Gasteiger partial charge is 0.459 e. The Morgan fingerprint density at radius 3 is 2.89 bits per heavy atom. The summed E-state index contributed by atoms with van der Waals surface area (Å²) in [6, 6.07) is 9.42. The Morgan fingerprint density at radius 1 is 1.30 bits per heavy atom. The van der Waals surface area contributed by atoms with Crippen molar-refractivity contribution in [2.45, 2.75) is 38.5 Å². The molecule has 1 aliphatic rings. The Balaban J connectivity index is 1.48. The van der Waals surface area contributed by atoms with Gasteiger partial charge >= 0.3 is 0 Å². The molecular weight excluding hydrogens is 338 g/mol. The third-order valence-corrected chi connectivity index (χ3v) is 5.57. The minimum atomic E-state index is -0.222. The number of unbranched alkanes of at least 4 members (excludes halogenated alkanes) is 1. The topological polar surface area (TPSA) is 61.3 Å². The van der Waals surface area contributed by atoms with Gasteiger partial charge < -0.3 is 19.6 Å². The van der Waals surface area contributed by atoms with Gasteiger partial charge in [-0.05, 0) is 80.7 Å². The lowest BCUT2D eigenvalue weighted by Gasteiger charge is -2.31. The molecule has 5 nitrogen and oxygen atoms in total. The molecule has 1 aliphatic heterocycles. The van der Waals surface area contributed by atoms with Gasteiger partial charge in [-0.15, -0.1) is 0 Å². The summed E-state index contributed by atoms with van der Waals surface area (Å²) in [7, 11) is 0. The van der Waals surface area contributed by atoms with Crippen LogP contribution < -0.4 is 5.32 Å². The lowest BCUT2D eigenvalue weighted by molar-refractivity contribution is 0.0996. The highest BCUT2D eigenvalue weighted by Gasteiger charge is 2.22. The number of rotatable bonds is 6. The van der Waals surface area contributed by atoms with Crippen LogP contribution in [0.4, 0.5) is 5.69 Å². The lowest BCUT2D eigenvalue weighted by Crippen LogP contribution is -2.33. The zero-order valence-electron chi connectivity index (χ0n) is 15.8. The second-order valence-corrected chi connectivity index (χ2v) is 7.41. The number of hydrogen-bond donors (Lipinski definition) is 2. The number of piperidine rings is 1. The van der Waals surface area contributed by atoms with Gasteiger partial charge in [-0.3, -0.25) is 4.79 Å². The van der Waals surface area contributed by atoms with E-state index in [2.05, 4.69) is 34.4 Å². The molecule has 1 amide bonds. The summed E-state index contributed by atoms with van der Waals surface area (Å²) >= 11 is 0. The molecular formula is C22H27N3O2. The van der Waals surface area contributed by atoms with Crippen LogP contribution in [0.1, 0.15) is 54.6 Å². The van der Waals surface area contributed by atoms with Gasteiger partial charge in [-0.2, -0.15) is 0 Å². The van der Waals surface area contributed by atoms with E-state index in [4.69, 9.17) is 4.42 Å². The molecule has 142 valence electrons. The fourth-order valence-corrected chi connectivity index (χ4v) is 4.01. The summed E-state index contributed by atoms with van der Waals surface area (Å²) in [6.07, 6.45) is 8.59. The van der Waals surface area contributed by atoms with Crippen molar-refractivity contribution in [3.8, 4) is 0 Å². The van der Waals surface area contributed by atoms with E-state index in [0.29, 0.717) is 11.7 Å². The summed E-state index contributed by atoms with van der Waals surface area (Å²) in [5.41, 5.74) is 3.29. The molecule has 4 rings (SSSR count). The van der Waals surface area contributed by atoms with E-state index in [1.807, 2.05) is 12.1 Å². The van der Waals surface area contributed by atoms with Crippen molar-refractivity contribution < 1.29 is 9.21 Å². The number of carbonyl (C=O) groups excluding carboxylic acids is 1. The van der Waals surface area contributed by atoms with Crippen LogP contribution >= 0.6 is 0 Å². The first-order valence-corrected chi connectivity index (χ1v) is 9.93. The maximum Gasteiger partial charge on any atom is 0.291 e. The number of fused-ring (bicyclic) bond motifs is 1. The van der Waals surface area contributed by atoms with Crippen LogP contribution in [0.15, 0.2) is 47.2 Å². The molecule has 3 aromatic rings. The second-order valence-electron chi connectivity index (χ2n) is 7.41. The molecule has 0 bridgehead atoms. The lowest BCUT2D eigenvalue weighted by atomic mass is 9.89.